The molecule has 0 unspecified atom stereocenters. The maximum atomic E-state index is 12.4. The van der Waals surface area contributed by atoms with Crippen LogP contribution in [0, 0.1) is 23.2 Å². The molecule has 2 N–H and O–H groups in total. The van der Waals surface area contributed by atoms with Crippen molar-refractivity contribution in [1.82, 2.24) is 4.98 Å². The van der Waals surface area contributed by atoms with Crippen LogP contribution in [0.5, 0.6) is 0 Å². The average Bonchev–Trinajstić information content (AvgIpc) is 3.41. The molecule has 32 heavy (non-hydrogen) atoms. The molecule has 0 saturated heterocycles. The first-order chi connectivity index (χ1) is 15.3. The predicted octanol–water partition coefficient (Wildman–Crippen LogP) is 5.41. The van der Waals surface area contributed by atoms with Crippen LogP contribution in [0.25, 0.3) is 0 Å². The van der Waals surface area contributed by atoms with E-state index < -0.39 is 12.2 Å². The number of fused-ring (bicyclic) bond motifs is 1. The van der Waals surface area contributed by atoms with Gasteiger partial charge in [0.2, 0.25) is 0 Å². The number of carbonyl (C=O) groups excluding carboxylic acids is 1. The first-order valence-corrected chi connectivity index (χ1v) is 12.2. The number of aromatic nitrogens is 1. The molecule has 0 amide bonds. The van der Waals surface area contributed by atoms with Crippen LogP contribution in [0.3, 0.4) is 0 Å². The maximum Gasteiger partial charge on any atom is 0.184 e. The lowest BCUT2D eigenvalue weighted by Crippen LogP contribution is -2.36. The third kappa shape index (κ3) is 4.55. The molecule has 3 aliphatic rings. The van der Waals surface area contributed by atoms with Crippen molar-refractivity contribution in [2.24, 2.45) is 23.2 Å². The highest BCUT2D eigenvalue weighted by molar-refractivity contribution is 5.93. The van der Waals surface area contributed by atoms with E-state index in [2.05, 4.69) is 37.6 Å². The summed E-state index contributed by atoms with van der Waals surface area (Å²) in [6, 6.07) is 0. The summed E-state index contributed by atoms with van der Waals surface area (Å²) < 4.78 is 4.95. The van der Waals surface area contributed by atoms with Gasteiger partial charge in [-0.25, -0.2) is 4.98 Å². The molecule has 0 aromatic carbocycles. The molecule has 4 rings (SSSR count). The molecule has 5 nitrogen and oxygen atoms in total. The van der Waals surface area contributed by atoms with Gasteiger partial charge in [0.25, 0.3) is 0 Å². The van der Waals surface area contributed by atoms with Crippen molar-refractivity contribution in [2.45, 2.75) is 83.8 Å². The smallest absolute Gasteiger partial charge is 0.184 e. The molecule has 5 heteroatoms. The van der Waals surface area contributed by atoms with Crippen LogP contribution in [0.15, 0.2) is 52.5 Å². The summed E-state index contributed by atoms with van der Waals surface area (Å²) in [5, 5.41) is 20.2. The predicted molar refractivity (Wildman–Crippen MR) is 124 cm³/mol. The maximum absolute atomic E-state index is 12.4. The number of aliphatic hydroxyl groups is 2. The van der Waals surface area contributed by atoms with Gasteiger partial charge in [0.05, 0.1) is 12.2 Å². The number of Topliss-reactive ketones (excluding diaryl/α,β-unsaturated/α-hetero) is 1. The normalized spacial score (nSPS) is 36.4. The largest absolute Gasteiger partial charge is 0.451 e. The molecule has 3 fully saturated rings. The van der Waals surface area contributed by atoms with Crippen LogP contribution in [-0.4, -0.2) is 33.2 Å². The summed E-state index contributed by atoms with van der Waals surface area (Å²) >= 11 is 0. The number of oxazole rings is 1. The molecule has 174 valence electrons. The van der Waals surface area contributed by atoms with Crippen molar-refractivity contribution >= 4 is 5.78 Å². The molecule has 0 bridgehead atoms. The van der Waals surface area contributed by atoms with Gasteiger partial charge in [0, 0.05) is 12.8 Å². The van der Waals surface area contributed by atoms with E-state index in [1.54, 1.807) is 0 Å². The summed E-state index contributed by atoms with van der Waals surface area (Å²) in [6.45, 7) is 8.81. The highest BCUT2D eigenvalue weighted by atomic mass is 16.3. The second-order valence-corrected chi connectivity index (χ2v) is 10.5. The number of nitrogens with zero attached hydrogens (tertiary/aromatic N) is 1. The molecule has 1 aromatic rings. The van der Waals surface area contributed by atoms with Crippen molar-refractivity contribution in [2.75, 3.05) is 0 Å². The SMILES string of the molecule is C=C1C(=CC=C2CCC[C@]3(C)[C@@H]([C@H](C)CCC(=O)c4cocn4)CC[C@@H]23)C[C@@H](O)C[C@@H]1O. The van der Waals surface area contributed by atoms with Crippen molar-refractivity contribution in [1.29, 1.82) is 0 Å². The zero-order chi connectivity index (χ0) is 22.9. The molecular weight excluding hydrogens is 402 g/mol. The zero-order valence-electron chi connectivity index (χ0n) is 19.4. The van der Waals surface area contributed by atoms with E-state index in [1.807, 2.05) is 0 Å². The molecule has 3 aliphatic carbocycles. The lowest BCUT2D eigenvalue weighted by atomic mass is 9.60. The fraction of sp³-hybridized carbons (Fsp3) is 0.630. The Morgan fingerprint density at radius 2 is 2.19 bits per heavy atom. The first-order valence-electron chi connectivity index (χ1n) is 12.2. The van der Waals surface area contributed by atoms with Crippen LogP contribution < -0.4 is 0 Å². The van der Waals surface area contributed by atoms with Gasteiger partial charge in [-0.3, -0.25) is 4.79 Å². The van der Waals surface area contributed by atoms with Crippen LogP contribution in [-0.2, 0) is 0 Å². The molecule has 0 aliphatic heterocycles. The third-order valence-corrected chi connectivity index (χ3v) is 8.53. The molecule has 0 spiro atoms. The number of ketones is 1. The number of hydrogen-bond donors (Lipinski definition) is 2. The molecule has 3 saturated carbocycles. The molecule has 0 radical (unpaired) electrons. The fourth-order valence-electron chi connectivity index (χ4n) is 6.72. The quantitative estimate of drug-likeness (QED) is 0.579. The lowest BCUT2D eigenvalue weighted by Gasteiger charge is -2.44. The van der Waals surface area contributed by atoms with Gasteiger partial charge in [-0.05, 0) is 79.3 Å². The van der Waals surface area contributed by atoms with Crippen molar-refractivity contribution in [3.05, 3.63) is 53.8 Å². The minimum atomic E-state index is -0.642. The summed E-state index contributed by atoms with van der Waals surface area (Å²) in [5.74, 6) is 1.74. The Morgan fingerprint density at radius 3 is 2.94 bits per heavy atom. The number of carbonyl (C=O) groups is 1. The highest BCUT2D eigenvalue weighted by Crippen LogP contribution is 2.59. The number of hydrogen-bond acceptors (Lipinski definition) is 5. The van der Waals surface area contributed by atoms with E-state index in [0.717, 1.165) is 24.0 Å². The van der Waals surface area contributed by atoms with E-state index in [4.69, 9.17) is 4.42 Å². The lowest BCUT2D eigenvalue weighted by molar-refractivity contribution is 0.0852. The Morgan fingerprint density at radius 1 is 1.38 bits per heavy atom. The zero-order valence-corrected chi connectivity index (χ0v) is 19.4. The Hall–Kier alpha value is -1.98. The third-order valence-electron chi connectivity index (χ3n) is 8.53. The van der Waals surface area contributed by atoms with E-state index in [0.29, 0.717) is 42.7 Å². The highest BCUT2D eigenvalue weighted by Gasteiger charge is 2.50. The molecule has 1 aromatic heterocycles. The molecular formula is C27H37NO4. The number of rotatable bonds is 6. The van der Waals surface area contributed by atoms with Crippen molar-refractivity contribution in [3.63, 3.8) is 0 Å². The summed E-state index contributed by atoms with van der Waals surface area (Å²) in [4.78, 5) is 16.4. The van der Waals surface area contributed by atoms with Crippen LogP contribution in [0.1, 0.15) is 82.1 Å². The van der Waals surface area contributed by atoms with Crippen molar-refractivity contribution < 1.29 is 19.4 Å². The van der Waals surface area contributed by atoms with E-state index in [9.17, 15) is 15.0 Å². The van der Waals surface area contributed by atoms with Gasteiger partial charge >= 0.3 is 0 Å². The minimum absolute atomic E-state index is 0.0678. The Labute approximate surface area is 191 Å². The second kappa shape index (κ2) is 9.48. The first kappa shape index (κ1) is 23.2. The number of allylic oxidation sites excluding steroid dienone is 3. The van der Waals surface area contributed by atoms with Crippen LogP contribution in [0.2, 0.25) is 0 Å². The van der Waals surface area contributed by atoms with Gasteiger partial charge in [0.1, 0.15) is 12.0 Å². The van der Waals surface area contributed by atoms with Gasteiger partial charge in [0.15, 0.2) is 12.2 Å². The fourth-order valence-corrected chi connectivity index (χ4v) is 6.72. The van der Waals surface area contributed by atoms with E-state index >= 15 is 0 Å². The topological polar surface area (TPSA) is 83.6 Å². The van der Waals surface area contributed by atoms with E-state index in [1.165, 1.54) is 43.9 Å². The van der Waals surface area contributed by atoms with Gasteiger partial charge in [-0.15, -0.1) is 0 Å². The van der Waals surface area contributed by atoms with Gasteiger partial charge in [-0.1, -0.05) is 38.2 Å². The Kier molecular flexibility index (Phi) is 6.87. The molecule has 1 heterocycles. The number of aliphatic hydroxyl groups excluding tert-OH is 2. The van der Waals surface area contributed by atoms with Gasteiger partial charge < -0.3 is 14.6 Å². The minimum Gasteiger partial charge on any atom is -0.451 e. The second-order valence-electron chi connectivity index (χ2n) is 10.5. The van der Waals surface area contributed by atoms with E-state index in [-0.39, 0.29) is 11.2 Å². The van der Waals surface area contributed by atoms with Crippen LogP contribution >= 0.6 is 0 Å². The molecule has 6 atom stereocenters. The summed E-state index contributed by atoms with van der Waals surface area (Å²) in [7, 11) is 0. The monoisotopic (exact) mass is 439 g/mol. The summed E-state index contributed by atoms with van der Waals surface area (Å²) in [6.07, 6.45) is 14.3. The standard InChI is InChI=1S/C27H37NO4/c1-17(6-11-25(30)24-15-32-16-28-24)22-9-10-23-19(5-4-12-27(22,23)3)7-8-20-13-21(29)14-26(31)18(20)2/h7-8,15-17,21-23,26,29,31H,2,4-6,9-14H2,1,3H3/t17-,21-,22-,23+,26+,27-/m1/s1. The summed E-state index contributed by atoms with van der Waals surface area (Å²) in [5.41, 5.74) is 3.93. The van der Waals surface area contributed by atoms with Gasteiger partial charge in [-0.2, -0.15) is 0 Å². The Bertz CT molecular complexity index is 899. The van der Waals surface area contributed by atoms with Crippen LogP contribution in [0.4, 0.5) is 0 Å². The van der Waals surface area contributed by atoms with Crippen molar-refractivity contribution in [3.8, 4) is 0 Å². The Balaban J connectivity index is 1.44. The average molecular weight is 440 g/mol.